The van der Waals surface area contributed by atoms with Gasteiger partial charge in [0.25, 0.3) is 5.91 Å². The summed E-state index contributed by atoms with van der Waals surface area (Å²) >= 11 is 1.54. The second kappa shape index (κ2) is 9.20. The molecule has 2 rings (SSSR count). The lowest BCUT2D eigenvalue weighted by Gasteiger charge is -2.15. The smallest absolute Gasteiger partial charge is 0.340 e. The molecule has 0 fully saturated rings. The molecule has 5 nitrogen and oxygen atoms in total. The van der Waals surface area contributed by atoms with Crippen LogP contribution in [0.4, 0.5) is 5.69 Å². The monoisotopic (exact) mass is 371 g/mol. The van der Waals surface area contributed by atoms with Crippen LogP contribution in [0.2, 0.25) is 0 Å². The predicted octanol–water partition coefficient (Wildman–Crippen LogP) is 4.19. The first kappa shape index (κ1) is 19.7. The number of carbonyl (C=O) groups is 3. The summed E-state index contributed by atoms with van der Waals surface area (Å²) in [5.41, 5.74) is 1.54. The van der Waals surface area contributed by atoms with Crippen molar-refractivity contribution in [3.63, 3.8) is 0 Å². The number of rotatable bonds is 7. The van der Waals surface area contributed by atoms with E-state index in [2.05, 4.69) is 5.32 Å². The van der Waals surface area contributed by atoms with Crippen LogP contribution in [0.15, 0.2) is 53.4 Å². The van der Waals surface area contributed by atoms with Crippen LogP contribution in [-0.2, 0) is 9.53 Å². The number of ketones is 1. The van der Waals surface area contributed by atoms with Crippen molar-refractivity contribution < 1.29 is 19.1 Å². The number of nitrogens with one attached hydrogen (secondary N) is 1. The molecule has 1 N–H and O–H groups in total. The molecule has 1 amide bonds. The SMILES string of the molecule is CCSc1ccccc1C(=O)O[C@@H](C)C(=O)Nc1ccc(C(C)=O)cc1. The van der Waals surface area contributed by atoms with Gasteiger partial charge in [-0.15, -0.1) is 11.8 Å². The molecule has 0 radical (unpaired) electrons. The average Bonchev–Trinajstić information content (AvgIpc) is 2.62. The van der Waals surface area contributed by atoms with Gasteiger partial charge in [-0.25, -0.2) is 4.79 Å². The average molecular weight is 371 g/mol. The quantitative estimate of drug-likeness (QED) is 0.449. The first-order valence-corrected chi connectivity index (χ1v) is 9.25. The van der Waals surface area contributed by atoms with Crippen LogP contribution in [-0.4, -0.2) is 29.5 Å². The van der Waals surface area contributed by atoms with Gasteiger partial charge < -0.3 is 10.1 Å². The third-order valence-electron chi connectivity index (χ3n) is 3.62. The number of hydrogen-bond acceptors (Lipinski definition) is 5. The molecular weight excluding hydrogens is 350 g/mol. The number of amides is 1. The highest BCUT2D eigenvalue weighted by molar-refractivity contribution is 7.99. The topological polar surface area (TPSA) is 72.5 Å². The first-order chi connectivity index (χ1) is 12.4. The first-order valence-electron chi connectivity index (χ1n) is 8.27. The van der Waals surface area contributed by atoms with Crippen molar-refractivity contribution in [2.75, 3.05) is 11.1 Å². The molecule has 0 bridgehead atoms. The molecule has 26 heavy (non-hydrogen) atoms. The summed E-state index contributed by atoms with van der Waals surface area (Å²) < 4.78 is 5.30. The number of benzene rings is 2. The molecule has 6 heteroatoms. The van der Waals surface area contributed by atoms with Crippen molar-refractivity contribution in [1.82, 2.24) is 0 Å². The van der Waals surface area contributed by atoms with E-state index in [4.69, 9.17) is 4.74 Å². The summed E-state index contributed by atoms with van der Waals surface area (Å²) in [6.45, 7) is 5.00. The lowest BCUT2D eigenvalue weighted by atomic mass is 10.1. The van der Waals surface area contributed by atoms with Gasteiger partial charge in [0.05, 0.1) is 5.56 Å². The van der Waals surface area contributed by atoms with Crippen LogP contribution >= 0.6 is 11.8 Å². The molecule has 136 valence electrons. The maximum absolute atomic E-state index is 12.4. The zero-order valence-corrected chi connectivity index (χ0v) is 15.8. The molecule has 2 aromatic carbocycles. The van der Waals surface area contributed by atoms with Gasteiger partial charge in [0.15, 0.2) is 11.9 Å². The summed E-state index contributed by atoms with van der Waals surface area (Å²) in [5, 5.41) is 2.67. The van der Waals surface area contributed by atoms with E-state index in [-0.39, 0.29) is 5.78 Å². The molecule has 0 heterocycles. The van der Waals surface area contributed by atoms with Crippen molar-refractivity contribution in [2.24, 2.45) is 0 Å². The van der Waals surface area contributed by atoms with Crippen LogP contribution < -0.4 is 5.32 Å². The number of ether oxygens (including phenoxy) is 1. The molecule has 0 aliphatic heterocycles. The third-order valence-corrected chi connectivity index (χ3v) is 4.57. The van der Waals surface area contributed by atoms with E-state index in [1.54, 1.807) is 48.2 Å². The summed E-state index contributed by atoms with van der Waals surface area (Å²) in [4.78, 5) is 36.7. The van der Waals surface area contributed by atoms with Crippen molar-refractivity contribution in [2.45, 2.75) is 31.8 Å². The van der Waals surface area contributed by atoms with Gasteiger partial charge in [0, 0.05) is 16.1 Å². The van der Waals surface area contributed by atoms with Crippen molar-refractivity contribution in [3.8, 4) is 0 Å². The third kappa shape index (κ3) is 5.20. The molecule has 0 unspecified atom stereocenters. The Morgan fingerprint density at radius 2 is 1.73 bits per heavy atom. The minimum absolute atomic E-state index is 0.0474. The molecule has 0 saturated carbocycles. The Morgan fingerprint density at radius 1 is 1.08 bits per heavy atom. The maximum Gasteiger partial charge on any atom is 0.340 e. The Balaban J connectivity index is 2.00. The Kier molecular flexibility index (Phi) is 6.97. The number of thioether (sulfide) groups is 1. The number of carbonyl (C=O) groups excluding carboxylic acids is 3. The minimum atomic E-state index is -0.949. The van der Waals surface area contributed by atoms with Crippen LogP contribution in [0.1, 0.15) is 41.5 Å². The Labute approximate surface area is 157 Å². The molecule has 1 atom stereocenters. The maximum atomic E-state index is 12.4. The van der Waals surface area contributed by atoms with Gasteiger partial charge in [0.1, 0.15) is 0 Å². The summed E-state index contributed by atoms with van der Waals surface area (Å²) in [6.07, 6.45) is -0.949. The normalized spacial score (nSPS) is 11.5. The van der Waals surface area contributed by atoms with E-state index in [0.717, 1.165) is 10.6 Å². The van der Waals surface area contributed by atoms with E-state index in [0.29, 0.717) is 16.8 Å². The van der Waals surface area contributed by atoms with Crippen molar-refractivity contribution >= 4 is 35.1 Å². The summed E-state index contributed by atoms with van der Waals surface area (Å²) in [7, 11) is 0. The molecule has 0 spiro atoms. The fraction of sp³-hybridized carbons (Fsp3) is 0.250. The second-order valence-corrected chi connectivity index (χ2v) is 6.91. The molecule has 2 aromatic rings. The van der Waals surface area contributed by atoms with Gasteiger partial charge in [-0.1, -0.05) is 19.1 Å². The minimum Gasteiger partial charge on any atom is -0.449 e. The van der Waals surface area contributed by atoms with Crippen LogP contribution in [0, 0.1) is 0 Å². The van der Waals surface area contributed by atoms with Crippen LogP contribution in [0.25, 0.3) is 0 Å². The zero-order chi connectivity index (χ0) is 19.1. The summed E-state index contributed by atoms with van der Waals surface area (Å²) in [5.74, 6) is -0.184. The number of esters is 1. The van der Waals surface area contributed by atoms with E-state index in [1.807, 2.05) is 19.1 Å². The highest BCUT2D eigenvalue weighted by Gasteiger charge is 2.21. The predicted molar refractivity (Wildman–Crippen MR) is 103 cm³/mol. The Bertz CT molecular complexity index is 802. The van der Waals surface area contributed by atoms with Gasteiger partial charge in [-0.05, 0) is 56.0 Å². The fourth-order valence-corrected chi connectivity index (χ4v) is 3.02. The number of Topliss-reactive ketones (excluding diaryl/α,β-unsaturated/α-hetero) is 1. The molecule has 0 aliphatic rings. The van der Waals surface area contributed by atoms with Gasteiger partial charge in [0.2, 0.25) is 0 Å². The van der Waals surface area contributed by atoms with Crippen molar-refractivity contribution in [1.29, 1.82) is 0 Å². The molecule has 0 aromatic heterocycles. The van der Waals surface area contributed by atoms with Gasteiger partial charge in [-0.2, -0.15) is 0 Å². The Hall–Kier alpha value is -2.60. The van der Waals surface area contributed by atoms with Crippen molar-refractivity contribution in [3.05, 3.63) is 59.7 Å². The van der Waals surface area contributed by atoms with Gasteiger partial charge >= 0.3 is 5.97 Å². The number of anilines is 1. The van der Waals surface area contributed by atoms with E-state index < -0.39 is 18.0 Å². The lowest BCUT2D eigenvalue weighted by Crippen LogP contribution is -2.30. The van der Waals surface area contributed by atoms with E-state index >= 15 is 0 Å². The fourth-order valence-electron chi connectivity index (χ4n) is 2.23. The zero-order valence-electron chi connectivity index (χ0n) is 14.9. The Morgan fingerprint density at radius 3 is 2.35 bits per heavy atom. The molecular formula is C20H21NO4S. The second-order valence-electron chi connectivity index (χ2n) is 5.60. The lowest BCUT2D eigenvalue weighted by molar-refractivity contribution is -0.123. The van der Waals surface area contributed by atoms with Crippen LogP contribution in [0.3, 0.4) is 0 Å². The van der Waals surface area contributed by atoms with Gasteiger partial charge in [-0.3, -0.25) is 9.59 Å². The van der Waals surface area contributed by atoms with Crippen LogP contribution in [0.5, 0.6) is 0 Å². The highest BCUT2D eigenvalue weighted by Crippen LogP contribution is 2.23. The highest BCUT2D eigenvalue weighted by atomic mass is 32.2. The molecule has 0 aliphatic carbocycles. The standard InChI is InChI=1S/C20H21NO4S/c1-4-26-18-8-6-5-7-17(18)20(24)25-14(3)19(23)21-16-11-9-15(10-12-16)13(2)22/h5-12,14H,4H2,1-3H3,(H,21,23)/t14-/m0/s1. The summed E-state index contributed by atoms with van der Waals surface area (Å²) in [6, 6.07) is 13.7. The van der Waals surface area contributed by atoms with E-state index in [1.165, 1.54) is 13.8 Å². The number of hydrogen-bond donors (Lipinski definition) is 1. The van der Waals surface area contributed by atoms with E-state index in [9.17, 15) is 14.4 Å². The largest absolute Gasteiger partial charge is 0.449 e. The molecule has 0 saturated heterocycles.